The highest BCUT2D eigenvalue weighted by atomic mass is 16.5. The third kappa shape index (κ3) is 6.07. The lowest BCUT2D eigenvalue weighted by atomic mass is 10.2. The van der Waals surface area contributed by atoms with Crippen LogP contribution in [0.15, 0.2) is 72.9 Å². The number of para-hydroxylation sites is 1. The summed E-state index contributed by atoms with van der Waals surface area (Å²) in [5.41, 5.74) is 1.73. The highest BCUT2D eigenvalue weighted by Crippen LogP contribution is 2.18. The summed E-state index contributed by atoms with van der Waals surface area (Å²) in [5.74, 6) is 0.747. The van der Waals surface area contributed by atoms with Crippen molar-refractivity contribution in [1.29, 1.82) is 0 Å². The summed E-state index contributed by atoms with van der Waals surface area (Å²) in [6.45, 7) is 0.291. The number of amides is 1. The molecule has 0 spiro atoms. The molecule has 0 saturated heterocycles. The summed E-state index contributed by atoms with van der Waals surface area (Å²) in [7, 11) is 1.34. The summed E-state index contributed by atoms with van der Waals surface area (Å²) in [6, 6.07) is 19.7. The first kappa shape index (κ1) is 19.9. The van der Waals surface area contributed by atoms with Crippen molar-refractivity contribution in [1.82, 2.24) is 4.98 Å². The zero-order valence-electron chi connectivity index (χ0n) is 15.9. The van der Waals surface area contributed by atoms with Crippen LogP contribution in [0.5, 0.6) is 5.75 Å². The average Bonchev–Trinajstić information content (AvgIpc) is 2.75. The van der Waals surface area contributed by atoms with E-state index in [0.717, 1.165) is 5.75 Å². The number of anilines is 3. The Morgan fingerprint density at radius 2 is 1.79 bits per heavy atom. The molecule has 29 heavy (non-hydrogen) atoms. The van der Waals surface area contributed by atoms with Gasteiger partial charge in [0.25, 0.3) is 0 Å². The van der Waals surface area contributed by atoms with E-state index < -0.39 is 5.97 Å². The third-order valence-electron chi connectivity index (χ3n) is 3.94. The van der Waals surface area contributed by atoms with E-state index >= 15 is 0 Å². The minimum atomic E-state index is -0.407. The maximum absolute atomic E-state index is 12.0. The summed E-state index contributed by atoms with van der Waals surface area (Å²) >= 11 is 0. The van der Waals surface area contributed by atoms with Crippen molar-refractivity contribution in [3.05, 3.63) is 78.5 Å². The Kier molecular flexibility index (Phi) is 6.78. The fourth-order valence-electron chi connectivity index (χ4n) is 2.53. The molecule has 3 aromatic rings. The summed E-state index contributed by atoms with van der Waals surface area (Å²) in [6.07, 6.45) is 1.79. The Labute approximate surface area is 168 Å². The van der Waals surface area contributed by atoms with Crippen molar-refractivity contribution in [3.8, 4) is 5.75 Å². The van der Waals surface area contributed by atoms with E-state index in [2.05, 4.69) is 15.6 Å². The maximum Gasteiger partial charge on any atom is 0.337 e. The largest absolute Gasteiger partial charge is 0.493 e. The van der Waals surface area contributed by atoms with Gasteiger partial charge < -0.3 is 20.1 Å². The molecule has 1 heterocycles. The lowest BCUT2D eigenvalue weighted by Crippen LogP contribution is -2.15. The highest BCUT2D eigenvalue weighted by Gasteiger charge is 2.07. The van der Waals surface area contributed by atoms with Crippen molar-refractivity contribution in [2.24, 2.45) is 0 Å². The Morgan fingerprint density at radius 1 is 0.966 bits per heavy atom. The molecule has 0 saturated carbocycles. The van der Waals surface area contributed by atoms with Crippen molar-refractivity contribution in [2.45, 2.75) is 6.42 Å². The first-order valence-corrected chi connectivity index (χ1v) is 9.03. The summed E-state index contributed by atoms with van der Waals surface area (Å²) < 4.78 is 10.2. The van der Waals surface area contributed by atoms with Gasteiger partial charge in [-0.05, 0) is 42.5 Å². The fourth-order valence-corrected chi connectivity index (χ4v) is 2.53. The van der Waals surface area contributed by atoms with E-state index in [1.165, 1.54) is 7.11 Å². The van der Waals surface area contributed by atoms with E-state index in [0.29, 0.717) is 29.4 Å². The summed E-state index contributed by atoms with van der Waals surface area (Å²) in [5, 5.41) is 5.89. The van der Waals surface area contributed by atoms with Gasteiger partial charge in [0, 0.05) is 5.69 Å². The SMILES string of the molecule is COC(=O)c1cccc(Nc2ccc(NC(=O)CCOc3ccccc3)cn2)c1. The van der Waals surface area contributed by atoms with Crippen LogP contribution in [0.1, 0.15) is 16.8 Å². The molecular weight excluding hydrogens is 370 g/mol. The minimum absolute atomic E-state index is 0.158. The van der Waals surface area contributed by atoms with Crippen LogP contribution in [-0.2, 0) is 9.53 Å². The van der Waals surface area contributed by atoms with Crippen molar-refractivity contribution >= 4 is 29.1 Å². The number of aromatic nitrogens is 1. The molecule has 3 rings (SSSR count). The number of nitrogens with one attached hydrogen (secondary N) is 2. The monoisotopic (exact) mass is 391 g/mol. The average molecular weight is 391 g/mol. The van der Waals surface area contributed by atoms with Crippen LogP contribution in [0.25, 0.3) is 0 Å². The van der Waals surface area contributed by atoms with Crippen LogP contribution in [0.3, 0.4) is 0 Å². The molecule has 1 aromatic heterocycles. The summed E-state index contributed by atoms with van der Waals surface area (Å²) in [4.78, 5) is 27.9. The van der Waals surface area contributed by atoms with Gasteiger partial charge in [0.2, 0.25) is 5.91 Å². The number of carbonyl (C=O) groups excluding carboxylic acids is 2. The van der Waals surface area contributed by atoms with Gasteiger partial charge in [-0.25, -0.2) is 9.78 Å². The number of esters is 1. The zero-order chi connectivity index (χ0) is 20.5. The predicted molar refractivity (Wildman–Crippen MR) is 110 cm³/mol. The number of carbonyl (C=O) groups is 2. The van der Waals surface area contributed by atoms with Gasteiger partial charge in [0.05, 0.1) is 37.6 Å². The number of rotatable bonds is 8. The van der Waals surface area contributed by atoms with E-state index in [1.807, 2.05) is 36.4 Å². The quantitative estimate of drug-likeness (QED) is 0.564. The zero-order valence-corrected chi connectivity index (χ0v) is 15.9. The molecule has 0 unspecified atom stereocenters. The molecule has 0 bridgehead atoms. The van der Waals surface area contributed by atoms with Crippen molar-refractivity contribution < 1.29 is 19.1 Å². The van der Waals surface area contributed by atoms with Crippen molar-refractivity contribution in [3.63, 3.8) is 0 Å². The lowest BCUT2D eigenvalue weighted by Gasteiger charge is -2.09. The molecule has 0 fully saturated rings. The molecule has 0 radical (unpaired) electrons. The normalized spacial score (nSPS) is 10.1. The van der Waals surface area contributed by atoms with Gasteiger partial charge in [-0.3, -0.25) is 4.79 Å². The Balaban J connectivity index is 1.49. The van der Waals surface area contributed by atoms with Gasteiger partial charge >= 0.3 is 5.97 Å². The molecule has 2 N–H and O–H groups in total. The van der Waals surface area contributed by atoms with Crippen LogP contribution >= 0.6 is 0 Å². The predicted octanol–water partition coefficient (Wildman–Crippen LogP) is 4.02. The Bertz CT molecular complexity index is 959. The van der Waals surface area contributed by atoms with Gasteiger partial charge in [-0.2, -0.15) is 0 Å². The maximum atomic E-state index is 12.0. The molecule has 7 nitrogen and oxygen atoms in total. The first-order chi connectivity index (χ1) is 14.1. The van der Waals surface area contributed by atoms with Crippen LogP contribution < -0.4 is 15.4 Å². The van der Waals surface area contributed by atoms with Crippen LogP contribution in [0.4, 0.5) is 17.2 Å². The van der Waals surface area contributed by atoms with Crippen molar-refractivity contribution in [2.75, 3.05) is 24.4 Å². The standard InChI is InChI=1S/C22H21N3O4/c1-28-22(27)16-6-5-7-17(14-16)24-20-11-10-18(15-23-20)25-21(26)12-13-29-19-8-3-2-4-9-19/h2-11,14-15H,12-13H2,1H3,(H,23,24)(H,25,26). The number of hydrogen-bond donors (Lipinski definition) is 2. The number of pyridine rings is 1. The molecular formula is C22H21N3O4. The number of nitrogens with zero attached hydrogens (tertiary/aromatic N) is 1. The smallest absolute Gasteiger partial charge is 0.337 e. The van der Waals surface area contributed by atoms with E-state index in [4.69, 9.17) is 9.47 Å². The molecule has 1 amide bonds. The minimum Gasteiger partial charge on any atom is -0.493 e. The van der Waals surface area contributed by atoms with E-state index in [-0.39, 0.29) is 12.3 Å². The van der Waals surface area contributed by atoms with Gasteiger partial charge in [-0.15, -0.1) is 0 Å². The molecule has 0 aliphatic carbocycles. The topological polar surface area (TPSA) is 89.6 Å². The Hall–Kier alpha value is -3.87. The molecule has 0 aliphatic heterocycles. The van der Waals surface area contributed by atoms with Crippen LogP contribution in [0, 0.1) is 0 Å². The van der Waals surface area contributed by atoms with E-state index in [1.54, 1.807) is 36.5 Å². The fraction of sp³-hybridized carbons (Fsp3) is 0.136. The second-order valence-corrected chi connectivity index (χ2v) is 6.09. The lowest BCUT2D eigenvalue weighted by molar-refractivity contribution is -0.116. The molecule has 0 aliphatic rings. The molecule has 0 atom stereocenters. The van der Waals surface area contributed by atoms with Gasteiger partial charge in [0.15, 0.2) is 0 Å². The first-order valence-electron chi connectivity index (χ1n) is 9.03. The number of ether oxygens (including phenoxy) is 2. The second kappa shape index (κ2) is 9.89. The van der Waals surface area contributed by atoms with Crippen LogP contribution in [-0.4, -0.2) is 30.6 Å². The number of benzene rings is 2. The van der Waals surface area contributed by atoms with Gasteiger partial charge in [0.1, 0.15) is 11.6 Å². The van der Waals surface area contributed by atoms with E-state index in [9.17, 15) is 9.59 Å². The highest BCUT2D eigenvalue weighted by molar-refractivity contribution is 5.91. The second-order valence-electron chi connectivity index (χ2n) is 6.09. The Morgan fingerprint density at radius 3 is 2.52 bits per heavy atom. The number of hydrogen-bond acceptors (Lipinski definition) is 6. The molecule has 148 valence electrons. The molecule has 2 aromatic carbocycles. The third-order valence-corrected chi connectivity index (χ3v) is 3.94. The van der Waals surface area contributed by atoms with Gasteiger partial charge in [-0.1, -0.05) is 24.3 Å². The van der Waals surface area contributed by atoms with Crippen LogP contribution in [0.2, 0.25) is 0 Å². The molecule has 7 heteroatoms. The number of methoxy groups -OCH3 is 1.